The maximum atomic E-state index is 12.2. The Bertz CT molecular complexity index is 360. The number of hydrogen-bond donors (Lipinski definition) is 1. The third-order valence-corrected chi connectivity index (χ3v) is 4.29. The molecule has 3 atom stereocenters. The third-order valence-electron chi connectivity index (χ3n) is 4.29. The van der Waals surface area contributed by atoms with Gasteiger partial charge in [0.15, 0.2) is 0 Å². The molecule has 0 radical (unpaired) electrons. The van der Waals surface area contributed by atoms with Gasteiger partial charge in [-0.2, -0.15) is 0 Å². The van der Waals surface area contributed by atoms with Gasteiger partial charge in [0.2, 0.25) is 5.91 Å². The Morgan fingerprint density at radius 1 is 1.39 bits per heavy atom. The van der Waals surface area contributed by atoms with Gasteiger partial charge in [-0.15, -0.1) is 0 Å². The van der Waals surface area contributed by atoms with Gasteiger partial charge in [0.1, 0.15) is 0 Å². The molecule has 2 aliphatic rings. The Morgan fingerprint density at radius 2 is 2.06 bits per heavy atom. The van der Waals surface area contributed by atoms with E-state index in [9.17, 15) is 9.59 Å². The molecular formula is C13H21NO4. The Labute approximate surface area is 107 Å². The van der Waals surface area contributed by atoms with Crippen LogP contribution in [0.15, 0.2) is 0 Å². The van der Waals surface area contributed by atoms with E-state index in [0.717, 1.165) is 13.0 Å². The zero-order valence-corrected chi connectivity index (χ0v) is 11.2. The van der Waals surface area contributed by atoms with E-state index in [1.165, 1.54) is 0 Å². The standard InChI is InChI=1S/C13H21NO4/c1-13(2)9(10(13)12(16)17)11(15)14(3)6-8-4-5-18-7-8/h8-10H,4-7H2,1-3H3,(H,16,17)/t8?,9-,10+/m0/s1. The van der Waals surface area contributed by atoms with E-state index in [-0.39, 0.29) is 11.8 Å². The van der Waals surface area contributed by atoms with Gasteiger partial charge in [0, 0.05) is 26.1 Å². The van der Waals surface area contributed by atoms with E-state index in [1.54, 1.807) is 11.9 Å². The molecule has 2 rings (SSSR count). The van der Waals surface area contributed by atoms with E-state index in [2.05, 4.69) is 0 Å². The topological polar surface area (TPSA) is 66.8 Å². The van der Waals surface area contributed by atoms with Crippen LogP contribution in [0, 0.1) is 23.2 Å². The molecule has 5 heteroatoms. The summed E-state index contributed by atoms with van der Waals surface area (Å²) in [6.07, 6.45) is 0.980. The van der Waals surface area contributed by atoms with Gasteiger partial charge in [0.25, 0.3) is 0 Å². The molecule has 0 aromatic rings. The van der Waals surface area contributed by atoms with E-state index in [0.29, 0.717) is 19.1 Å². The van der Waals surface area contributed by atoms with Crippen LogP contribution in [0.4, 0.5) is 0 Å². The predicted molar refractivity (Wildman–Crippen MR) is 65.0 cm³/mol. The molecule has 1 unspecified atom stereocenters. The second-order valence-electron chi connectivity index (χ2n) is 6.06. The van der Waals surface area contributed by atoms with Crippen molar-refractivity contribution in [3.8, 4) is 0 Å². The molecule has 1 amide bonds. The number of aliphatic carboxylic acids is 1. The molecule has 1 saturated heterocycles. The molecule has 1 N–H and O–H groups in total. The Balaban J connectivity index is 1.93. The van der Waals surface area contributed by atoms with Crippen molar-refractivity contribution in [2.24, 2.45) is 23.2 Å². The summed E-state index contributed by atoms with van der Waals surface area (Å²) in [5.41, 5.74) is -0.413. The van der Waals surface area contributed by atoms with Gasteiger partial charge in [-0.25, -0.2) is 0 Å². The highest BCUT2D eigenvalue weighted by Gasteiger charge is 2.66. The van der Waals surface area contributed by atoms with Crippen molar-refractivity contribution in [1.29, 1.82) is 0 Å². The van der Waals surface area contributed by atoms with E-state index in [1.807, 2.05) is 13.8 Å². The van der Waals surface area contributed by atoms with Gasteiger partial charge in [-0.3, -0.25) is 9.59 Å². The molecule has 0 aromatic carbocycles. The molecule has 1 heterocycles. The molecular weight excluding hydrogens is 234 g/mol. The molecule has 18 heavy (non-hydrogen) atoms. The number of carboxylic acid groups (broad SMARTS) is 1. The lowest BCUT2D eigenvalue weighted by molar-refractivity contribution is -0.141. The minimum absolute atomic E-state index is 0.0423. The molecule has 5 nitrogen and oxygen atoms in total. The average molecular weight is 255 g/mol. The fraction of sp³-hybridized carbons (Fsp3) is 0.846. The Kier molecular flexibility index (Phi) is 3.36. The van der Waals surface area contributed by atoms with Crippen LogP contribution >= 0.6 is 0 Å². The van der Waals surface area contributed by atoms with Crippen LogP contribution in [-0.2, 0) is 14.3 Å². The summed E-state index contributed by atoms with van der Waals surface area (Å²) in [5.74, 6) is -1.42. The zero-order chi connectivity index (χ0) is 13.5. The smallest absolute Gasteiger partial charge is 0.307 e. The molecule has 0 aromatic heterocycles. The van der Waals surface area contributed by atoms with Crippen molar-refractivity contribution in [3.63, 3.8) is 0 Å². The monoisotopic (exact) mass is 255 g/mol. The summed E-state index contributed by atoms with van der Waals surface area (Å²) in [5, 5.41) is 9.08. The first-order chi connectivity index (χ1) is 8.35. The first-order valence-electron chi connectivity index (χ1n) is 6.41. The largest absolute Gasteiger partial charge is 0.481 e. The molecule has 2 fully saturated rings. The highest BCUT2D eigenvalue weighted by molar-refractivity contribution is 5.91. The maximum Gasteiger partial charge on any atom is 0.307 e. The second-order valence-corrected chi connectivity index (χ2v) is 6.06. The minimum atomic E-state index is -0.865. The van der Waals surface area contributed by atoms with Crippen molar-refractivity contribution >= 4 is 11.9 Å². The number of ether oxygens (including phenoxy) is 1. The molecule has 1 saturated carbocycles. The van der Waals surface area contributed by atoms with Gasteiger partial charge < -0.3 is 14.7 Å². The van der Waals surface area contributed by atoms with Gasteiger partial charge in [0.05, 0.1) is 18.4 Å². The fourth-order valence-corrected chi connectivity index (χ4v) is 3.00. The Morgan fingerprint density at radius 3 is 2.50 bits per heavy atom. The number of rotatable bonds is 4. The SMILES string of the molecule is CN(CC1CCOC1)C(=O)[C@@H]1[C@H](C(=O)O)C1(C)C. The van der Waals surface area contributed by atoms with Crippen LogP contribution in [-0.4, -0.2) is 48.7 Å². The van der Waals surface area contributed by atoms with Crippen LogP contribution in [0.5, 0.6) is 0 Å². The number of nitrogens with zero attached hydrogens (tertiary/aromatic N) is 1. The summed E-state index contributed by atoms with van der Waals surface area (Å²) in [6, 6.07) is 0. The lowest BCUT2D eigenvalue weighted by atomic mass is 10.1. The highest BCUT2D eigenvalue weighted by Crippen LogP contribution is 2.58. The number of hydrogen-bond acceptors (Lipinski definition) is 3. The molecule has 1 aliphatic carbocycles. The summed E-state index contributed by atoms with van der Waals surface area (Å²) in [4.78, 5) is 25.0. The van der Waals surface area contributed by atoms with Crippen molar-refractivity contribution in [1.82, 2.24) is 4.90 Å². The summed E-state index contributed by atoms with van der Waals surface area (Å²) >= 11 is 0. The zero-order valence-electron chi connectivity index (χ0n) is 11.2. The molecule has 102 valence electrons. The van der Waals surface area contributed by atoms with Crippen molar-refractivity contribution in [2.75, 3.05) is 26.8 Å². The Hall–Kier alpha value is -1.10. The summed E-state index contributed by atoms with van der Waals surface area (Å²) in [7, 11) is 1.76. The quantitative estimate of drug-likeness (QED) is 0.808. The van der Waals surface area contributed by atoms with Crippen molar-refractivity contribution in [3.05, 3.63) is 0 Å². The van der Waals surface area contributed by atoms with Gasteiger partial charge >= 0.3 is 5.97 Å². The van der Waals surface area contributed by atoms with Crippen molar-refractivity contribution < 1.29 is 19.4 Å². The highest BCUT2D eigenvalue weighted by atomic mass is 16.5. The van der Waals surface area contributed by atoms with Crippen LogP contribution in [0.25, 0.3) is 0 Å². The lowest BCUT2D eigenvalue weighted by Crippen LogP contribution is -2.34. The predicted octanol–water partition coefficient (Wildman–Crippen LogP) is 0.838. The van der Waals surface area contributed by atoms with E-state index in [4.69, 9.17) is 9.84 Å². The minimum Gasteiger partial charge on any atom is -0.481 e. The number of carbonyl (C=O) groups excluding carboxylic acids is 1. The number of amides is 1. The average Bonchev–Trinajstić information content (AvgIpc) is 2.63. The number of carbonyl (C=O) groups is 2. The van der Waals surface area contributed by atoms with Crippen molar-refractivity contribution in [2.45, 2.75) is 20.3 Å². The van der Waals surface area contributed by atoms with Gasteiger partial charge in [-0.1, -0.05) is 13.8 Å². The van der Waals surface area contributed by atoms with Crippen LogP contribution in [0.1, 0.15) is 20.3 Å². The van der Waals surface area contributed by atoms with Gasteiger partial charge in [-0.05, 0) is 11.8 Å². The first-order valence-corrected chi connectivity index (χ1v) is 6.41. The van der Waals surface area contributed by atoms with Crippen LogP contribution < -0.4 is 0 Å². The maximum absolute atomic E-state index is 12.2. The van der Waals surface area contributed by atoms with Crippen LogP contribution in [0.3, 0.4) is 0 Å². The summed E-state index contributed by atoms with van der Waals surface area (Å²) < 4.78 is 5.28. The normalized spacial score (nSPS) is 33.2. The summed E-state index contributed by atoms with van der Waals surface area (Å²) in [6.45, 7) is 5.83. The van der Waals surface area contributed by atoms with E-state index < -0.39 is 17.3 Å². The first kappa shape index (κ1) is 13.3. The second kappa shape index (κ2) is 4.53. The lowest BCUT2D eigenvalue weighted by Gasteiger charge is -2.21. The third kappa shape index (κ3) is 2.23. The molecule has 0 bridgehead atoms. The number of carboxylic acids is 1. The van der Waals surface area contributed by atoms with Crippen LogP contribution in [0.2, 0.25) is 0 Å². The fourth-order valence-electron chi connectivity index (χ4n) is 3.00. The van der Waals surface area contributed by atoms with E-state index >= 15 is 0 Å². The molecule has 0 spiro atoms. The molecule has 1 aliphatic heterocycles.